The minimum Gasteiger partial charge on any atom is -0.481 e. The lowest BCUT2D eigenvalue weighted by atomic mass is 10.2. The zero-order valence-corrected chi connectivity index (χ0v) is 11.1. The van der Waals surface area contributed by atoms with E-state index in [9.17, 15) is 9.59 Å². The van der Waals surface area contributed by atoms with Crippen LogP contribution >= 0.6 is 11.8 Å². The van der Waals surface area contributed by atoms with Gasteiger partial charge in [0.1, 0.15) is 0 Å². The van der Waals surface area contributed by atoms with Gasteiger partial charge in [-0.15, -0.1) is 11.8 Å². The van der Waals surface area contributed by atoms with Crippen LogP contribution in [0.4, 0.5) is 10.5 Å². The van der Waals surface area contributed by atoms with Crippen molar-refractivity contribution < 1.29 is 14.7 Å². The number of nitrogens with one attached hydrogen (secondary N) is 2. The summed E-state index contributed by atoms with van der Waals surface area (Å²) in [6, 6.07) is 6.61. The van der Waals surface area contributed by atoms with Crippen molar-refractivity contribution in [3.63, 3.8) is 0 Å². The molecule has 6 heteroatoms. The number of carboxylic acids is 1. The molecule has 0 spiro atoms. The Labute approximate surface area is 110 Å². The minimum absolute atomic E-state index is 0.0996. The maximum absolute atomic E-state index is 11.6. The number of hydrogen-bond donors (Lipinski definition) is 3. The summed E-state index contributed by atoms with van der Waals surface area (Å²) in [5.41, 5.74) is 0.713. The van der Waals surface area contributed by atoms with Crippen molar-refractivity contribution in [3.05, 3.63) is 24.3 Å². The maximum atomic E-state index is 11.6. The van der Waals surface area contributed by atoms with E-state index in [-0.39, 0.29) is 6.42 Å². The van der Waals surface area contributed by atoms with Crippen LogP contribution in [0, 0.1) is 0 Å². The molecule has 1 unspecified atom stereocenters. The normalized spacial score (nSPS) is 11.7. The third-order valence-corrected chi connectivity index (χ3v) is 3.01. The third-order valence-electron chi connectivity index (χ3n) is 2.21. The molecule has 0 aliphatic heterocycles. The predicted octanol–water partition coefficient (Wildman–Crippen LogP) is 2.39. The molecule has 18 heavy (non-hydrogen) atoms. The SMILES string of the molecule is CSc1ccccc1NC(=O)NC(C)CC(=O)O. The van der Waals surface area contributed by atoms with Gasteiger partial charge < -0.3 is 15.7 Å². The van der Waals surface area contributed by atoms with Crippen molar-refractivity contribution in [2.45, 2.75) is 24.3 Å². The van der Waals surface area contributed by atoms with E-state index < -0.39 is 18.0 Å². The summed E-state index contributed by atoms with van der Waals surface area (Å²) in [5, 5.41) is 13.9. The molecule has 0 saturated heterocycles. The topological polar surface area (TPSA) is 78.4 Å². The molecule has 1 rings (SSSR count). The molecule has 0 aliphatic carbocycles. The molecule has 0 aliphatic rings. The van der Waals surface area contributed by atoms with Crippen molar-refractivity contribution in [1.29, 1.82) is 0 Å². The molecule has 2 amide bonds. The molecule has 0 aromatic heterocycles. The van der Waals surface area contributed by atoms with Crippen molar-refractivity contribution in [1.82, 2.24) is 5.32 Å². The number of benzene rings is 1. The fourth-order valence-electron chi connectivity index (χ4n) is 1.44. The average molecular weight is 268 g/mol. The van der Waals surface area contributed by atoms with Gasteiger partial charge in [0.2, 0.25) is 0 Å². The van der Waals surface area contributed by atoms with Gasteiger partial charge in [0.25, 0.3) is 0 Å². The molecule has 0 heterocycles. The van der Waals surface area contributed by atoms with Crippen molar-refractivity contribution in [3.8, 4) is 0 Å². The van der Waals surface area contributed by atoms with E-state index in [1.807, 2.05) is 24.5 Å². The number of urea groups is 1. The molecule has 1 aromatic rings. The molecule has 1 atom stereocenters. The summed E-state index contributed by atoms with van der Waals surface area (Å²) in [7, 11) is 0. The summed E-state index contributed by atoms with van der Waals surface area (Å²) in [4.78, 5) is 23.1. The van der Waals surface area contributed by atoms with Crippen LogP contribution in [-0.4, -0.2) is 29.4 Å². The number of hydrogen-bond acceptors (Lipinski definition) is 3. The van der Waals surface area contributed by atoms with Gasteiger partial charge in [-0.3, -0.25) is 4.79 Å². The lowest BCUT2D eigenvalue weighted by Gasteiger charge is -2.14. The first-order valence-electron chi connectivity index (χ1n) is 5.45. The zero-order chi connectivity index (χ0) is 13.5. The van der Waals surface area contributed by atoms with Gasteiger partial charge in [0, 0.05) is 10.9 Å². The first-order valence-corrected chi connectivity index (χ1v) is 6.67. The molecular formula is C12H16N2O3S. The highest BCUT2D eigenvalue weighted by atomic mass is 32.2. The lowest BCUT2D eigenvalue weighted by Crippen LogP contribution is -2.37. The van der Waals surface area contributed by atoms with Gasteiger partial charge in [0.05, 0.1) is 12.1 Å². The Morgan fingerprint density at radius 2 is 2.06 bits per heavy atom. The summed E-state index contributed by atoms with van der Waals surface area (Å²) >= 11 is 1.53. The van der Waals surface area contributed by atoms with E-state index in [4.69, 9.17) is 5.11 Å². The average Bonchev–Trinajstić information content (AvgIpc) is 2.28. The van der Waals surface area contributed by atoms with E-state index in [1.54, 1.807) is 13.0 Å². The molecule has 98 valence electrons. The van der Waals surface area contributed by atoms with Crippen LogP contribution < -0.4 is 10.6 Å². The summed E-state index contributed by atoms with van der Waals surface area (Å²) in [6.45, 7) is 1.65. The second-order valence-corrected chi connectivity index (χ2v) is 4.65. The number of carbonyl (C=O) groups excluding carboxylic acids is 1. The van der Waals surface area contributed by atoms with Gasteiger partial charge in [-0.05, 0) is 25.3 Å². The van der Waals surface area contributed by atoms with Crippen molar-refractivity contribution in [2.75, 3.05) is 11.6 Å². The molecule has 0 fully saturated rings. The molecule has 0 bridgehead atoms. The highest BCUT2D eigenvalue weighted by Crippen LogP contribution is 2.24. The molecule has 0 saturated carbocycles. The molecule has 3 N–H and O–H groups in total. The van der Waals surface area contributed by atoms with Crippen LogP contribution in [0.2, 0.25) is 0 Å². The first kappa shape index (κ1) is 14.4. The number of para-hydroxylation sites is 1. The second kappa shape index (κ2) is 6.90. The van der Waals surface area contributed by atoms with Crippen LogP contribution in [0.1, 0.15) is 13.3 Å². The Kier molecular flexibility index (Phi) is 5.51. The van der Waals surface area contributed by atoms with Crippen LogP contribution in [0.15, 0.2) is 29.2 Å². The molecular weight excluding hydrogens is 252 g/mol. The van der Waals surface area contributed by atoms with Gasteiger partial charge in [-0.25, -0.2) is 4.79 Å². The largest absolute Gasteiger partial charge is 0.481 e. The number of carboxylic acid groups (broad SMARTS) is 1. The Morgan fingerprint density at radius 1 is 1.39 bits per heavy atom. The van der Waals surface area contributed by atoms with Gasteiger partial charge in [-0.2, -0.15) is 0 Å². The Morgan fingerprint density at radius 3 is 2.67 bits per heavy atom. The number of carbonyl (C=O) groups is 2. The van der Waals surface area contributed by atoms with Crippen LogP contribution in [0.3, 0.4) is 0 Å². The number of aliphatic carboxylic acids is 1. The summed E-state index contributed by atoms with van der Waals surface area (Å²) in [5.74, 6) is -0.938. The van der Waals surface area contributed by atoms with Crippen molar-refractivity contribution >= 4 is 29.4 Å². The lowest BCUT2D eigenvalue weighted by molar-refractivity contribution is -0.137. The third kappa shape index (κ3) is 4.67. The monoisotopic (exact) mass is 268 g/mol. The van der Waals surface area contributed by atoms with Crippen LogP contribution in [-0.2, 0) is 4.79 Å². The molecule has 5 nitrogen and oxygen atoms in total. The number of anilines is 1. The molecule has 1 aromatic carbocycles. The number of rotatable bonds is 5. The van der Waals surface area contributed by atoms with Gasteiger partial charge in [-0.1, -0.05) is 12.1 Å². The van der Waals surface area contributed by atoms with E-state index in [0.717, 1.165) is 4.90 Å². The van der Waals surface area contributed by atoms with E-state index in [2.05, 4.69) is 10.6 Å². The van der Waals surface area contributed by atoms with E-state index >= 15 is 0 Å². The standard InChI is InChI=1S/C12H16N2O3S/c1-8(7-11(15)16)13-12(17)14-9-5-3-4-6-10(9)18-2/h3-6,8H,7H2,1-2H3,(H,15,16)(H2,13,14,17). The van der Waals surface area contributed by atoms with E-state index in [0.29, 0.717) is 5.69 Å². The Bertz CT molecular complexity index is 437. The van der Waals surface area contributed by atoms with Gasteiger partial charge >= 0.3 is 12.0 Å². The number of thioether (sulfide) groups is 1. The fraction of sp³-hybridized carbons (Fsp3) is 0.333. The highest BCUT2D eigenvalue weighted by Gasteiger charge is 2.11. The Balaban J connectivity index is 2.56. The smallest absolute Gasteiger partial charge is 0.319 e. The fourth-order valence-corrected chi connectivity index (χ4v) is 2.00. The van der Waals surface area contributed by atoms with Gasteiger partial charge in [0.15, 0.2) is 0 Å². The Hall–Kier alpha value is -1.69. The van der Waals surface area contributed by atoms with Crippen molar-refractivity contribution in [2.24, 2.45) is 0 Å². The summed E-state index contributed by atoms with van der Waals surface area (Å²) in [6.07, 6.45) is 1.82. The maximum Gasteiger partial charge on any atom is 0.319 e. The minimum atomic E-state index is -0.938. The predicted molar refractivity (Wildman–Crippen MR) is 72.1 cm³/mol. The van der Waals surface area contributed by atoms with E-state index in [1.165, 1.54) is 11.8 Å². The number of amides is 2. The molecule has 0 radical (unpaired) electrons. The van der Waals surface area contributed by atoms with Crippen LogP contribution in [0.5, 0.6) is 0 Å². The highest BCUT2D eigenvalue weighted by molar-refractivity contribution is 7.98. The quantitative estimate of drug-likeness (QED) is 0.716. The first-order chi connectivity index (χ1) is 8.52. The zero-order valence-electron chi connectivity index (χ0n) is 10.3. The second-order valence-electron chi connectivity index (χ2n) is 3.80. The summed E-state index contributed by atoms with van der Waals surface area (Å²) < 4.78 is 0. The van der Waals surface area contributed by atoms with Crippen LogP contribution in [0.25, 0.3) is 0 Å².